The number of hydrogen-bond donors (Lipinski definition) is 1. The number of benzene rings is 2. The number of aryl methyl sites for hydroxylation is 1. The fraction of sp³-hybridized carbons (Fsp3) is 0.292. The van der Waals surface area contributed by atoms with Gasteiger partial charge in [0.2, 0.25) is 0 Å². The van der Waals surface area contributed by atoms with Crippen LogP contribution in [-0.2, 0) is 29.0 Å². The molecule has 1 aliphatic rings. The molecule has 8 heteroatoms. The Bertz CT molecular complexity index is 1200. The van der Waals surface area contributed by atoms with Gasteiger partial charge in [0.25, 0.3) is 0 Å². The number of amides is 1. The third kappa shape index (κ3) is 5.11. The monoisotopic (exact) mass is 455 g/mol. The fourth-order valence-electron chi connectivity index (χ4n) is 3.74. The average Bonchev–Trinajstić information content (AvgIpc) is 2.80. The number of fused-ring (bicyclic) bond motifs is 3. The van der Waals surface area contributed by atoms with Crippen molar-refractivity contribution in [1.29, 1.82) is 0 Å². The molecule has 2 aromatic carbocycles. The van der Waals surface area contributed by atoms with E-state index in [4.69, 9.17) is 25.5 Å². The molecule has 32 heavy (non-hydrogen) atoms. The molecule has 0 atom stereocenters. The minimum Gasteiger partial charge on any atom is -0.445 e. The highest BCUT2D eigenvalue weighted by molar-refractivity contribution is 6.33. The summed E-state index contributed by atoms with van der Waals surface area (Å²) in [7, 11) is 0. The molecule has 1 N–H and O–H groups in total. The Kier molecular flexibility index (Phi) is 6.75. The molecule has 0 saturated heterocycles. The van der Waals surface area contributed by atoms with Gasteiger partial charge in [0.1, 0.15) is 12.2 Å². The van der Waals surface area contributed by atoms with Crippen molar-refractivity contribution in [3.63, 3.8) is 0 Å². The van der Waals surface area contributed by atoms with E-state index in [0.29, 0.717) is 17.6 Å². The van der Waals surface area contributed by atoms with E-state index in [9.17, 15) is 14.4 Å². The summed E-state index contributed by atoms with van der Waals surface area (Å²) < 4.78 is 15.8. The molecule has 0 fully saturated rings. The number of nitrogens with one attached hydrogen (secondary N) is 1. The van der Waals surface area contributed by atoms with Crippen molar-refractivity contribution in [3.05, 3.63) is 74.6 Å². The van der Waals surface area contributed by atoms with Gasteiger partial charge in [-0.3, -0.25) is 4.79 Å². The molecule has 0 spiro atoms. The summed E-state index contributed by atoms with van der Waals surface area (Å²) in [4.78, 5) is 36.2. The SMILES string of the molecule is O=C(CCNC(=O)OCc1ccccc1)Oc1cc2oc(=O)c3c(c2cc1Cl)CCCC3. The van der Waals surface area contributed by atoms with Gasteiger partial charge in [-0.2, -0.15) is 0 Å². The minimum absolute atomic E-state index is 0.0419. The highest BCUT2D eigenvalue weighted by Crippen LogP contribution is 2.34. The van der Waals surface area contributed by atoms with Gasteiger partial charge >= 0.3 is 17.7 Å². The van der Waals surface area contributed by atoms with E-state index in [0.717, 1.165) is 35.8 Å². The molecular formula is C24H22ClNO6. The normalized spacial score (nSPS) is 12.8. The molecule has 1 amide bonds. The zero-order valence-electron chi connectivity index (χ0n) is 17.3. The minimum atomic E-state index is -0.628. The molecule has 1 aliphatic carbocycles. The van der Waals surface area contributed by atoms with Gasteiger partial charge in [0.05, 0.1) is 11.4 Å². The van der Waals surface area contributed by atoms with Gasteiger partial charge in [0.15, 0.2) is 5.75 Å². The second kappa shape index (κ2) is 9.87. The Balaban J connectivity index is 1.34. The second-order valence-electron chi connectivity index (χ2n) is 7.55. The van der Waals surface area contributed by atoms with Crippen LogP contribution >= 0.6 is 11.6 Å². The molecule has 166 valence electrons. The Hall–Kier alpha value is -3.32. The first-order valence-electron chi connectivity index (χ1n) is 10.4. The van der Waals surface area contributed by atoms with Crippen molar-refractivity contribution in [1.82, 2.24) is 5.32 Å². The topological polar surface area (TPSA) is 94.8 Å². The summed E-state index contributed by atoms with van der Waals surface area (Å²) in [6.45, 7) is 0.180. The van der Waals surface area contributed by atoms with Crippen molar-refractivity contribution < 1.29 is 23.5 Å². The Morgan fingerprint density at radius 2 is 1.81 bits per heavy atom. The molecule has 0 unspecified atom stereocenters. The smallest absolute Gasteiger partial charge is 0.407 e. The quantitative estimate of drug-likeness (QED) is 0.333. The maximum absolute atomic E-state index is 12.3. The predicted octanol–water partition coefficient (Wildman–Crippen LogP) is 4.55. The first-order valence-corrected chi connectivity index (χ1v) is 10.8. The predicted molar refractivity (Wildman–Crippen MR) is 119 cm³/mol. The first kappa shape index (κ1) is 21.9. The van der Waals surface area contributed by atoms with Crippen LogP contribution in [-0.4, -0.2) is 18.6 Å². The number of rotatable bonds is 6. The maximum atomic E-state index is 12.3. The van der Waals surface area contributed by atoms with Crippen LogP contribution in [0.25, 0.3) is 11.0 Å². The number of hydrogen-bond acceptors (Lipinski definition) is 6. The zero-order chi connectivity index (χ0) is 22.5. The summed E-state index contributed by atoms with van der Waals surface area (Å²) in [5.41, 5.74) is 2.51. The Labute approximate surface area is 189 Å². The van der Waals surface area contributed by atoms with Crippen LogP contribution in [0.5, 0.6) is 5.75 Å². The number of ether oxygens (including phenoxy) is 2. The van der Waals surface area contributed by atoms with Gasteiger partial charge in [-0.05, 0) is 42.9 Å². The van der Waals surface area contributed by atoms with Crippen molar-refractivity contribution in [2.24, 2.45) is 0 Å². The lowest BCUT2D eigenvalue weighted by Gasteiger charge is -2.17. The third-order valence-corrected chi connectivity index (χ3v) is 5.61. The number of alkyl carbamates (subject to hydrolysis) is 1. The van der Waals surface area contributed by atoms with Crippen LogP contribution in [0.3, 0.4) is 0 Å². The van der Waals surface area contributed by atoms with Gasteiger partial charge in [-0.25, -0.2) is 9.59 Å². The van der Waals surface area contributed by atoms with Gasteiger partial charge < -0.3 is 19.2 Å². The lowest BCUT2D eigenvalue weighted by molar-refractivity contribution is -0.134. The number of esters is 1. The number of carbonyl (C=O) groups is 2. The Morgan fingerprint density at radius 3 is 2.59 bits per heavy atom. The largest absolute Gasteiger partial charge is 0.445 e. The standard InChI is InChI=1S/C24H22ClNO6/c25-19-12-18-16-8-4-5-9-17(16)23(28)32-20(18)13-21(19)31-22(27)10-11-26-24(29)30-14-15-6-2-1-3-7-15/h1-3,6-7,12-13H,4-5,8-11,14H2,(H,26,29). The molecule has 1 aromatic heterocycles. The fourth-order valence-corrected chi connectivity index (χ4v) is 3.94. The summed E-state index contributed by atoms with van der Waals surface area (Å²) in [5, 5.41) is 3.52. The summed E-state index contributed by atoms with van der Waals surface area (Å²) in [6, 6.07) is 12.4. The Morgan fingerprint density at radius 1 is 1.06 bits per heavy atom. The van der Waals surface area contributed by atoms with E-state index in [-0.39, 0.29) is 36.0 Å². The lowest BCUT2D eigenvalue weighted by atomic mass is 9.91. The average molecular weight is 456 g/mol. The van der Waals surface area contributed by atoms with E-state index in [1.807, 2.05) is 30.3 Å². The summed E-state index contributed by atoms with van der Waals surface area (Å²) in [6.07, 6.45) is 2.74. The van der Waals surface area contributed by atoms with Crippen LogP contribution in [0, 0.1) is 0 Å². The van der Waals surface area contributed by atoms with Gasteiger partial charge in [-0.1, -0.05) is 41.9 Å². The molecule has 0 saturated carbocycles. The van der Waals surface area contributed by atoms with Gasteiger partial charge in [0, 0.05) is 23.6 Å². The van der Waals surface area contributed by atoms with E-state index in [2.05, 4.69) is 5.32 Å². The summed E-state index contributed by atoms with van der Waals surface area (Å²) in [5.74, 6) is -0.482. The molecule has 1 heterocycles. The zero-order valence-corrected chi connectivity index (χ0v) is 18.1. The molecular weight excluding hydrogens is 434 g/mol. The first-order chi connectivity index (χ1) is 15.5. The van der Waals surface area contributed by atoms with Crippen LogP contribution in [0.4, 0.5) is 4.79 Å². The van der Waals surface area contributed by atoms with Crippen LogP contribution in [0.1, 0.15) is 36.0 Å². The van der Waals surface area contributed by atoms with Crippen molar-refractivity contribution in [3.8, 4) is 5.75 Å². The maximum Gasteiger partial charge on any atom is 0.407 e. The number of carbonyl (C=O) groups excluding carboxylic acids is 2. The van der Waals surface area contributed by atoms with E-state index >= 15 is 0 Å². The summed E-state index contributed by atoms with van der Waals surface area (Å²) >= 11 is 6.33. The highest BCUT2D eigenvalue weighted by Gasteiger charge is 2.20. The highest BCUT2D eigenvalue weighted by atomic mass is 35.5. The molecule has 4 rings (SSSR count). The molecule has 3 aromatic rings. The molecule has 0 bridgehead atoms. The van der Waals surface area contributed by atoms with Crippen LogP contribution < -0.4 is 15.7 Å². The van der Waals surface area contributed by atoms with E-state index in [1.165, 1.54) is 6.07 Å². The second-order valence-corrected chi connectivity index (χ2v) is 7.95. The van der Waals surface area contributed by atoms with Crippen LogP contribution in [0.2, 0.25) is 5.02 Å². The van der Waals surface area contributed by atoms with Gasteiger partial charge in [-0.15, -0.1) is 0 Å². The van der Waals surface area contributed by atoms with E-state index in [1.54, 1.807) is 6.07 Å². The van der Waals surface area contributed by atoms with E-state index < -0.39 is 12.1 Å². The van der Waals surface area contributed by atoms with Crippen molar-refractivity contribution >= 4 is 34.6 Å². The van der Waals surface area contributed by atoms with Crippen LogP contribution in [0.15, 0.2) is 51.7 Å². The van der Waals surface area contributed by atoms with Crippen molar-refractivity contribution in [2.45, 2.75) is 38.7 Å². The number of halogens is 1. The lowest BCUT2D eigenvalue weighted by Crippen LogP contribution is -2.27. The van der Waals surface area contributed by atoms with Crippen molar-refractivity contribution in [2.75, 3.05) is 6.54 Å². The third-order valence-electron chi connectivity index (χ3n) is 5.31. The molecule has 0 aliphatic heterocycles. The molecule has 7 nitrogen and oxygen atoms in total. The molecule has 0 radical (unpaired) electrons.